The quantitative estimate of drug-likeness (QED) is 0.128. The minimum absolute atomic E-state index is 0.0155. The summed E-state index contributed by atoms with van der Waals surface area (Å²) in [6, 6.07) is 35.0. The van der Waals surface area contributed by atoms with Crippen LogP contribution in [0, 0.1) is 0 Å². The van der Waals surface area contributed by atoms with Gasteiger partial charge in [-0.15, -0.1) is 4.48 Å². The molecule has 0 bridgehead atoms. The Kier molecular flexibility index (Phi) is 12.1. The number of nitrogens with one attached hydrogen (secondary N) is 1. The maximum atomic E-state index is 14.1. The van der Waals surface area contributed by atoms with E-state index in [9.17, 15) is 19.5 Å². The molecule has 6 rings (SSSR count). The predicted octanol–water partition coefficient (Wildman–Crippen LogP) is 10.2. The topological polar surface area (TPSA) is 111 Å². The first kappa shape index (κ1) is 39.3. The molecule has 2 atom stereocenters. The van der Waals surface area contributed by atoms with Gasteiger partial charge in [-0.1, -0.05) is 102 Å². The molecule has 1 aliphatic rings. The van der Waals surface area contributed by atoms with Crippen molar-refractivity contribution in [1.29, 1.82) is 0 Å². The van der Waals surface area contributed by atoms with E-state index in [0.717, 1.165) is 33.4 Å². The number of imide groups is 1. The van der Waals surface area contributed by atoms with Crippen LogP contribution in [0.4, 0.5) is 9.59 Å². The standard InChI is InChI=1S/C44H42Cl2N2O7/c1-44(2,3)55-43(52)48(42(51)47-25-38(41(49)50)34-14-12-32(13-15-34)31-7-5-4-6-8-31)22-21-33-16-19-37(24-35(33)26-48)54-27-29-9-17-36(18-10-29)53-28-30-11-20-39(45)40(46)23-30/h4-20,23-24,38H,21-22,25-28H2,1-3H3,(H-,47,49,50,51)/p+1. The van der Waals surface area contributed by atoms with E-state index in [4.69, 9.17) is 37.4 Å². The second-order valence-corrected chi connectivity index (χ2v) is 15.4. The van der Waals surface area contributed by atoms with Gasteiger partial charge in [0.1, 0.15) is 43.4 Å². The summed E-state index contributed by atoms with van der Waals surface area (Å²) >= 11 is 12.1. The fourth-order valence-electron chi connectivity index (χ4n) is 6.40. The summed E-state index contributed by atoms with van der Waals surface area (Å²) in [5, 5.41) is 13.9. The van der Waals surface area contributed by atoms with Crippen LogP contribution in [-0.4, -0.2) is 46.4 Å². The molecule has 0 aliphatic carbocycles. The molecule has 1 heterocycles. The SMILES string of the molecule is CC(C)(C)OC(=O)[N+]1(C(=O)NCC(C(=O)O)c2ccc(-c3ccccc3)cc2)CCc2ccc(OCc3ccc(OCc4ccc(Cl)c(Cl)c4)cc3)cc2C1. The van der Waals surface area contributed by atoms with Crippen LogP contribution >= 0.6 is 23.2 Å². The number of benzene rings is 5. The van der Waals surface area contributed by atoms with Gasteiger partial charge in [-0.05, 0) is 90.6 Å². The Balaban J connectivity index is 1.13. The Morgan fingerprint density at radius 3 is 2.05 bits per heavy atom. The number of halogens is 2. The summed E-state index contributed by atoms with van der Waals surface area (Å²) in [4.78, 5) is 40.5. The van der Waals surface area contributed by atoms with Crippen molar-refractivity contribution in [1.82, 2.24) is 5.32 Å². The van der Waals surface area contributed by atoms with Crippen LogP contribution in [0.5, 0.6) is 11.5 Å². The summed E-state index contributed by atoms with van der Waals surface area (Å²) in [6.07, 6.45) is -0.280. The molecule has 0 fully saturated rings. The van der Waals surface area contributed by atoms with Crippen molar-refractivity contribution in [3.05, 3.63) is 153 Å². The average Bonchev–Trinajstić information content (AvgIpc) is 3.17. The molecule has 3 amide bonds. The van der Waals surface area contributed by atoms with E-state index in [0.29, 0.717) is 40.1 Å². The van der Waals surface area contributed by atoms with Crippen LogP contribution < -0.4 is 14.8 Å². The molecule has 5 aromatic carbocycles. The lowest BCUT2D eigenvalue weighted by Crippen LogP contribution is -2.63. The molecule has 0 saturated carbocycles. The number of fused-ring (bicyclic) bond motifs is 1. The lowest BCUT2D eigenvalue weighted by Gasteiger charge is -2.37. The van der Waals surface area contributed by atoms with E-state index in [1.165, 1.54) is 0 Å². The summed E-state index contributed by atoms with van der Waals surface area (Å²) < 4.78 is 17.2. The second-order valence-electron chi connectivity index (χ2n) is 14.5. The van der Waals surface area contributed by atoms with Gasteiger partial charge in [0.2, 0.25) is 0 Å². The first-order chi connectivity index (χ1) is 26.3. The molecule has 0 spiro atoms. The van der Waals surface area contributed by atoms with Crippen molar-refractivity contribution >= 4 is 41.3 Å². The Hall–Kier alpha value is -5.35. The zero-order valence-electron chi connectivity index (χ0n) is 30.9. The molecule has 11 heteroatoms. The van der Waals surface area contributed by atoms with Crippen LogP contribution in [-0.2, 0) is 35.7 Å². The number of carbonyl (C=O) groups excluding carboxylic acids is 2. The third-order valence-electron chi connectivity index (χ3n) is 9.41. The van der Waals surface area contributed by atoms with E-state index in [-0.39, 0.29) is 26.2 Å². The van der Waals surface area contributed by atoms with E-state index in [1.54, 1.807) is 45.0 Å². The number of hydrogen-bond donors (Lipinski definition) is 2. The lowest BCUT2D eigenvalue weighted by molar-refractivity contribution is -0.795. The van der Waals surface area contributed by atoms with Gasteiger partial charge in [-0.25, -0.2) is 4.79 Å². The maximum absolute atomic E-state index is 14.1. The first-order valence-corrected chi connectivity index (χ1v) is 18.7. The van der Waals surface area contributed by atoms with Crippen molar-refractivity contribution in [3.8, 4) is 22.6 Å². The number of rotatable bonds is 11. The molecule has 0 saturated heterocycles. The smallest absolute Gasteiger partial charge is 0.489 e. The van der Waals surface area contributed by atoms with Gasteiger partial charge in [0.15, 0.2) is 0 Å². The fraction of sp³-hybridized carbons (Fsp3) is 0.250. The predicted molar refractivity (Wildman–Crippen MR) is 212 cm³/mol. The van der Waals surface area contributed by atoms with Crippen LogP contribution in [0.2, 0.25) is 10.0 Å². The minimum Gasteiger partial charge on any atom is -0.489 e. The van der Waals surface area contributed by atoms with Crippen molar-refractivity contribution in [2.75, 3.05) is 13.1 Å². The molecule has 1 aliphatic heterocycles. The van der Waals surface area contributed by atoms with E-state index in [1.807, 2.05) is 91.0 Å². The summed E-state index contributed by atoms with van der Waals surface area (Å²) in [7, 11) is 0. The van der Waals surface area contributed by atoms with Gasteiger partial charge >= 0.3 is 18.1 Å². The Labute approximate surface area is 331 Å². The number of carbonyl (C=O) groups is 3. The van der Waals surface area contributed by atoms with Crippen LogP contribution in [0.15, 0.2) is 115 Å². The van der Waals surface area contributed by atoms with E-state index in [2.05, 4.69) is 5.32 Å². The Morgan fingerprint density at radius 2 is 1.38 bits per heavy atom. The van der Waals surface area contributed by atoms with Crippen molar-refractivity contribution in [2.24, 2.45) is 0 Å². The number of carboxylic acid groups (broad SMARTS) is 1. The molecule has 2 unspecified atom stereocenters. The number of urea groups is 1. The molecule has 5 aromatic rings. The molecular formula is C44H43Cl2N2O7+. The second kappa shape index (κ2) is 17.0. The number of amides is 3. The van der Waals surface area contributed by atoms with Gasteiger partial charge in [0, 0.05) is 18.5 Å². The van der Waals surface area contributed by atoms with E-state index >= 15 is 0 Å². The van der Waals surface area contributed by atoms with Crippen molar-refractivity contribution in [3.63, 3.8) is 0 Å². The zero-order valence-corrected chi connectivity index (χ0v) is 32.4. The van der Waals surface area contributed by atoms with E-state index < -0.39 is 34.1 Å². The van der Waals surface area contributed by atoms with Crippen LogP contribution in [0.3, 0.4) is 0 Å². The van der Waals surface area contributed by atoms with Gasteiger partial charge < -0.3 is 24.6 Å². The number of nitrogens with zero attached hydrogens (tertiary/aromatic N) is 1. The Bertz CT molecular complexity index is 2150. The van der Waals surface area contributed by atoms with Gasteiger partial charge in [-0.2, -0.15) is 4.79 Å². The largest absolute Gasteiger partial charge is 0.526 e. The molecule has 284 valence electrons. The fourth-order valence-corrected chi connectivity index (χ4v) is 6.72. The molecule has 0 aromatic heterocycles. The molecule has 0 radical (unpaired) electrons. The van der Waals surface area contributed by atoms with Gasteiger partial charge in [0.25, 0.3) is 0 Å². The molecular weight excluding hydrogens is 739 g/mol. The Morgan fingerprint density at radius 1 is 0.745 bits per heavy atom. The molecule has 2 N–H and O–H groups in total. The molecule has 9 nitrogen and oxygen atoms in total. The normalized spacial score (nSPS) is 15.7. The average molecular weight is 783 g/mol. The summed E-state index contributed by atoms with van der Waals surface area (Å²) in [5.41, 5.74) is 5.20. The number of ether oxygens (including phenoxy) is 3. The minimum atomic E-state index is -1.09. The first-order valence-electron chi connectivity index (χ1n) is 18.0. The van der Waals surface area contributed by atoms with Crippen LogP contribution in [0.25, 0.3) is 11.1 Å². The monoisotopic (exact) mass is 781 g/mol. The number of aliphatic carboxylic acids is 1. The van der Waals surface area contributed by atoms with Crippen molar-refractivity contribution < 1.29 is 38.2 Å². The summed E-state index contributed by atoms with van der Waals surface area (Å²) in [6.45, 7) is 5.81. The third-order valence-corrected chi connectivity index (χ3v) is 10.1. The highest BCUT2D eigenvalue weighted by atomic mass is 35.5. The third kappa shape index (κ3) is 9.85. The zero-order chi connectivity index (χ0) is 39.2. The highest BCUT2D eigenvalue weighted by Crippen LogP contribution is 2.32. The highest BCUT2D eigenvalue weighted by Gasteiger charge is 2.50. The molecule has 55 heavy (non-hydrogen) atoms. The van der Waals surface area contributed by atoms with Crippen molar-refractivity contribution in [2.45, 2.75) is 58.5 Å². The summed E-state index contributed by atoms with van der Waals surface area (Å²) in [5.74, 6) is -0.859. The van der Waals surface area contributed by atoms with Gasteiger partial charge in [-0.3, -0.25) is 4.79 Å². The maximum Gasteiger partial charge on any atom is 0.526 e. The van der Waals surface area contributed by atoms with Gasteiger partial charge in [0.05, 0.1) is 16.0 Å². The number of carboxylic acids is 1. The highest BCUT2D eigenvalue weighted by molar-refractivity contribution is 6.42. The van der Waals surface area contributed by atoms with Crippen LogP contribution in [0.1, 0.15) is 54.5 Å². The number of quaternary nitrogens is 1. The lowest BCUT2D eigenvalue weighted by atomic mass is 9.96. The number of hydrogen-bond acceptors (Lipinski definition) is 6.